The molecule has 0 spiro atoms. The number of sulfonamides is 1. The van der Waals surface area contributed by atoms with Crippen LogP contribution < -0.4 is 51.4 Å². The number of fused-ring (bicyclic) bond motifs is 2. The molecule has 27 heteroatoms. The number of urea groups is 1. The van der Waals surface area contributed by atoms with Crippen molar-refractivity contribution in [2.75, 3.05) is 78.7 Å². The first-order valence-electron chi connectivity index (χ1n) is 28.6. The molecule has 7 rings (SSSR count). The predicted octanol–water partition coefficient (Wildman–Crippen LogP) is 1.40. The summed E-state index contributed by atoms with van der Waals surface area (Å²) in [5, 5.41) is 20.7. The third-order valence-electron chi connectivity index (χ3n) is 15.3. The average Bonchev–Trinajstić information content (AvgIpc) is 2.73. The molecule has 2 aliphatic carbocycles. The third-order valence-corrected chi connectivity index (χ3v) is 18.6. The second kappa shape index (κ2) is 31.4. The molecule has 9 amide bonds. The van der Waals surface area contributed by atoms with Crippen LogP contribution in [0, 0.1) is 5.92 Å². The first-order valence-corrected chi connectivity index (χ1v) is 31.2. The minimum atomic E-state index is -4.00. The predicted molar refractivity (Wildman–Crippen MR) is 307 cm³/mol. The number of unbranched alkanes of at least 4 members (excludes halogenated alkanes) is 1. The van der Waals surface area contributed by atoms with Crippen molar-refractivity contribution in [1.29, 1.82) is 0 Å². The Bertz CT molecular complexity index is 2750. The van der Waals surface area contributed by atoms with Crippen LogP contribution in [0.25, 0.3) is 10.8 Å². The summed E-state index contributed by atoms with van der Waals surface area (Å²) in [4.78, 5) is 111. The van der Waals surface area contributed by atoms with Crippen LogP contribution in [0.15, 0.2) is 55.8 Å². The summed E-state index contributed by atoms with van der Waals surface area (Å²) >= 11 is 1.88. The van der Waals surface area contributed by atoms with E-state index >= 15 is 0 Å². The normalized spacial score (nSPS) is 22.9. The number of hydrogen-bond donors (Lipinski definition) is 8. The highest BCUT2D eigenvalue weighted by atomic mass is 32.2. The van der Waals surface area contributed by atoms with Crippen molar-refractivity contribution in [3.05, 3.63) is 55.8 Å². The van der Waals surface area contributed by atoms with Crippen LogP contribution in [-0.4, -0.2) is 191 Å². The molecule has 1 aromatic carbocycles. The minimum absolute atomic E-state index is 0.000659. The van der Waals surface area contributed by atoms with E-state index in [2.05, 4.69) is 60.1 Å². The Morgan fingerprint density at radius 3 is 2.19 bits per heavy atom. The van der Waals surface area contributed by atoms with Gasteiger partial charge in [0.2, 0.25) is 51.3 Å². The summed E-state index contributed by atoms with van der Waals surface area (Å²) in [6, 6.07) is 4.63. The molecular weight excluding hydrogens is 1120 g/mol. The fourth-order valence-electron chi connectivity index (χ4n) is 10.4. The number of carbonyl (C=O) groups is 8. The minimum Gasteiger partial charge on any atom is -0.497 e. The van der Waals surface area contributed by atoms with Crippen molar-refractivity contribution in [1.82, 2.24) is 51.8 Å². The van der Waals surface area contributed by atoms with Crippen molar-refractivity contribution in [2.24, 2.45) is 5.92 Å². The summed E-state index contributed by atoms with van der Waals surface area (Å²) < 4.78 is 56.6. The van der Waals surface area contributed by atoms with Gasteiger partial charge in [0.05, 0.1) is 57.4 Å². The van der Waals surface area contributed by atoms with Crippen molar-refractivity contribution >= 4 is 79.9 Å². The molecule has 1 aromatic heterocycles. The number of pyridine rings is 1. The maximum atomic E-state index is 14.7. The highest BCUT2D eigenvalue weighted by Crippen LogP contribution is 2.41. The van der Waals surface area contributed by atoms with Crippen LogP contribution in [0.1, 0.15) is 89.9 Å². The topological polar surface area (TPSA) is 329 Å². The molecular formula is C56H80N10O15S2. The van der Waals surface area contributed by atoms with E-state index < -0.39 is 81.0 Å². The molecule has 2 aromatic rings. The van der Waals surface area contributed by atoms with Gasteiger partial charge in [-0.2, -0.15) is 11.8 Å². The van der Waals surface area contributed by atoms with Crippen molar-refractivity contribution in [3.8, 4) is 11.6 Å². The van der Waals surface area contributed by atoms with Crippen molar-refractivity contribution < 1.29 is 70.5 Å². The number of rotatable bonds is 37. The largest absolute Gasteiger partial charge is 0.497 e. The molecule has 0 radical (unpaired) electrons. The van der Waals surface area contributed by atoms with Gasteiger partial charge in [0.25, 0.3) is 5.91 Å². The van der Waals surface area contributed by atoms with Gasteiger partial charge in [-0.05, 0) is 93.5 Å². The van der Waals surface area contributed by atoms with Crippen LogP contribution in [-0.2, 0) is 57.8 Å². The number of nitrogens with one attached hydrogen (secondary N) is 8. The zero-order valence-corrected chi connectivity index (χ0v) is 48.7. The fourth-order valence-corrected chi connectivity index (χ4v) is 13.3. The molecule has 25 nitrogen and oxygen atoms in total. The number of methoxy groups -OCH3 is 1. The zero-order valence-electron chi connectivity index (χ0n) is 47.1. The lowest BCUT2D eigenvalue weighted by atomic mass is 9.66. The van der Waals surface area contributed by atoms with E-state index in [1.54, 1.807) is 24.3 Å². The molecule has 2 saturated carbocycles. The number of aromatic nitrogens is 1. The molecule has 1 unspecified atom stereocenters. The summed E-state index contributed by atoms with van der Waals surface area (Å²) in [5.41, 5.74) is -1.69. The number of likely N-dealkylation sites (tertiary alicyclic amines) is 1. The number of hydrogen-bond acceptors (Lipinski definition) is 17. The smallest absolute Gasteiger partial charge is 0.315 e. The third kappa shape index (κ3) is 18.5. The molecule has 3 aliphatic heterocycles. The second-order valence-corrected chi connectivity index (χ2v) is 24.5. The molecule has 83 heavy (non-hydrogen) atoms. The number of benzene rings is 1. The summed E-state index contributed by atoms with van der Waals surface area (Å²) in [5.74, 6) is -2.86. The molecule has 8 atom stereocenters. The molecule has 5 aliphatic rings. The number of thioether (sulfide) groups is 1. The quantitative estimate of drug-likeness (QED) is 0.0205. The van der Waals surface area contributed by atoms with E-state index in [4.69, 9.17) is 23.7 Å². The summed E-state index contributed by atoms with van der Waals surface area (Å²) in [7, 11) is -2.46. The van der Waals surface area contributed by atoms with Gasteiger partial charge in [-0.3, -0.25) is 38.3 Å². The van der Waals surface area contributed by atoms with Crippen LogP contribution in [0.3, 0.4) is 0 Å². The molecule has 5 fully saturated rings. The van der Waals surface area contributed by atoms with E-state index in [9.17, 15) is 46.8 Å². The SMILES string of the molecule is C=CC(=O)NC[C@H](NC(=O)CCCC(=O)NCCCOCCOCCOCCCNC(=O)CCCC[C@@H]1SC[C@@H]2NC(=O)N[C@@H]21)C(=O)N1C[C@H](Oc2nccc3cc(OC)ccc23)C[C@H]1C(=O)N[C@]1(C(=O)NS(=O)(=O)C2CC2)CCC1C=C. The Morgan fingerprint density at radius 2 is 1.54 bits per heavy atom. The molecule has 8 N–H and O–H groups in total. The van der Waals surface area contributed by atoms with Crippen LogP contribution in [0.4, 0.5) is 4.79 Å². The van der Waals surface area contributed by atoms with E-state index in [0.29, 0.717) is 108 Å². The lowest BCUT2D eigenvalue weighted by Crippen LogP contribution is -2.70. The maximum absolute atomic E-state index is 14.7. The van der Waals surface area contributed by atoms with Gasteiger partial charge in [-0.1, -0.05) is 19.1 Å². The Morgan fingerprint density at radius 1 is 0.855 bits per heavy atom. The van der Waals surface area contributed by atoms with Gasteiger partial charge in [0, 0.05) is 87.0 Å². The van der Waals surface area contributed by atoms with Gasteiger partial charge in [0.1, 0.15) is 29.5 Å². The Balaban J connectivity index is 0.801. The Kier molecular flexibility index (Phi) is 24.2. The maximum Gasteiger partial charge on any atom is 0.315 e. The lowest BCUT2D eigenvalue weighted by molar-refractivity contribution is -0.145. The summed E-state index contributed by atoms with van der Waals surface area (Å²) in [6.45, 7) is 9.95. The van der Waals surface area contributed by atoms with E-state index in [1.807, 2.05) is 11.8 Å². The first kappa shape index (κ1) is 64.0. The second-order valence-electron chi connectivity index (χ2n) is 21.2. The number of nitrogens with zero attached hydrogens (tertiary/aromatic N) is 2. The fraction of sp³-hybridized carbons (Fsp3) is 0.625. The van der Waals surface area contributed by atoms with E-state index in [1.165, 1.54) is 24.3 Å². The highest BCUT2D eigenvalue weighted by molar-refractivity contribution is 8.00. The highest BCUT2D eigenvalue weighted by Gasteiger charge is 2.56. The monoisotopic (exact) mass is 1200 g/mol. The Hall–Kier alpha value is -6.55. The van der Waals surface area contributed by atoms with Crippen LogP contribution >= 0.6 is 11.8 Å². The number of carbonyl (C=O) groups excluding carboxylic acids is 8. The average molecular weight is 1200 g/mol. The van der Waals surface area contributed by atoms with Gasteiger partial charge in [-0.25, -0.2) is 18.2 Å². The van der Waals surface area contributed by atoms with Crippen LogP contribution in [0.5, 0.6) is 11.6 Å². The number of ether oxygens (including phenoxy) is 5. The van der Waals surface area contributed by atoms with Gasteiger partial charge in [-0.15, -0.1) is 6.58 Å². The lowest BCUT2D eigenvalue weighted by Gasteiger charge is -2.47. The van der Waals surface area contributed by atoms with Gasteiger partial charge >= 0.3 is 6.03 Å². The Labute approximate surface area is 488 Å². The summed E-state index contributed by atoms with van der Waals surface area (Å²) in [6.07, 6.45) is 8.77. The standard InChI is InChI=1S/C56H80N10O15S2/c1-4-37-19-21-56(37,54(73)65-83(75,76)40-16-17-40)64-51(71)44-32-39(81-52-41-18-15-38(77-3)31-36(41)20-24-59-52)34-66(44)53(72)42(33-60-46(67)5-2)61-49(70)14-8-13-48(69)58-23-10-26-79-28-30-80-29-27-78-25-9-22-57-47(68)12-7-6-11-45-50-43(35-82-45)62-55(74)63-50/h4-5,15,18,20,24,31,37,39-40,42-45,50H,1-2,6-14,16-17,19,21-23,25-30,32-35H2,3H3,(H,57,68)(H,58,69)(H,60,67)(H,61,70)(H,64,71)(H,65,73)(H2,62,63,74)/t37?,39-,42+,43+,44+,45+,50+,56-/m1/s1. The van der Waals surface area contributed by atoms with Gasteiger partial charge in [0.15, 0.2) is 0 Å². The number of amides is 9. The van der Waals surface area contributed by atoms with Crippen LogP contribution in [0.2, 0.25) is 0 Å². The van der Waals surface area contributed by atoms with Crippen molar-refractivity contribution in [2.45, 2.75) is 136 Å². The van der Waals surface area contributed by atoms with Gasteiger partial charge < -0.3 is 65.8 Å². The molecule has 3 saturated heterocycles. The van der Waals surface area contributed by atoms with Crippen molar-refractivity contribution in [3.63, 3.8) is 0 Å². The van der Waals surface area contributed by atoms with E-state index in [0.717, 1.165) is 36.5 Å². The zero-order chi connectivity index (χ0) is 59.4. The molecule has 0 bridgehead atoms. The molecule has 4 heterocycles. The van der Waals surface area contributed by atoms with E-state index in [-0.39, 0.29) is 74.5 Å². The first-order chi connectivity index (χ1) is 40.0. The molecule has 456 valence electrons.